The minimum absolute atomic E-state index is 0.0978. The van der Waals surface area contributed by atoms with Crippen LogP contribution >= 0.6 is 0 Å². The molecular formula is C25H21F2N5O3. The smallest absolute Gasteiger partial charge is 0.263 e. The highest BCUT2D eigenvalue weighted by Crippen LogP contribution is 2.35. The van der Waals surface area contributed by atoms with Gasteiger partial charge in [0.15, 0.2) is 17.3 Å². The van der Waals surface area contributed by atoms with Crippen LogP contribution in [0.1, 0.15) is 6.92 Å². The Morgan fingerprint density at radius 1 is 1.03 bits per heavy atom. The number of hydrogen-bond donors (Lipinski definition) is 3. The van der Waals surface area contributed by atoms with Crippen LogP contribution in [0.4, 0.5) is 14.5 Å². The lowest BCUT2D eigenvalue weighted by Gasteiger charge is -2.12. The third-order valence-electron chi connectivity index (χ3n) is 5.31. The van der Waals surface area contributed by atoms with Crippen LogP contribution in [-0.2, 0) is 9.59 Å². The minimum Gasteiger partial charge on any atom is -0.452 e. The molecule has 0 bridgehead atoms. The summed E-state index contributed by atoms with van der Waals surface area (Å²) in [5.41, 5.74) is 7.43. The van der Waals surface area contributed by atoms with E-state index >= 15 is 0 Å². The summed E-state index contributed by atoms with van der Waals surface area (Å²) in [4.78, 5) is 24.1. The van der Waals surface area contributed by atoms with Crippen LogP contribution in [0.25, 0.3) is 16.6 Å². The molecule has 2 aromatic carbocycles. The summed E-state index contributed by atoms with van der Waals surface area (Å²) in [6, 6.07) is 13.2. The van der Waals surface area contributed by atoms with E-state index in [0.717, 1.165) is 17.2 Å². The summed E-state index contributed by atoms with van der Waals surface area (Å²) in [6.45, 7) is 1.52. The number of halogens is 2. The number of anilines is 1. The van der Waals surface area contributed by atoms with E-state index in [2.05, 4.69) is 15.7 Å². The maximum atomic E-state index is 14.9. The van der Waals surface area contributed by atoms with Crippen LogP contribution in [0.2, 0.25) is 0 Å². The Hall–Kier alpha value is -4.73. The van der Waals surface area contributed by atoms with E-state index in [0.29, 0.717) is 11.3 Å². The van der Waals surface area contributed by atoms with Gasteiger partial charge in [-0.25, -0.2) is 13.3 Å². The molecule has 2 heterocycles. The fraction of sp³-hybridized carbons (Fsp3) is 0.0800. The van der Waals surface area contributed by atoms with Crippen LogP contribution < -0.4 is 21.1 Å². The quantitative estimate of drug-likeness (QED) is 0.212. The van der Waals surface area contributed by atoms with Gasteiger partial charge in [-0.1, -0.05) is 12.1 Å². The fourth-order valence-electron chi connectivity index (χ4n) is 3.53. The molecule has 178 valence electrons. The van der Waals surface area contributed by atoms with E-state index in [1.807, 2.05) is 0 Å². The van der Waals surface area contributed by atoms with Gasteiger partial charge in [-0.15, -0.1) is 0 Å². The Bertz CT molecular complexity index is 1460. The van der Waals surface area contributed by atoms with E-state index < -0.39 is 17.6 Å². The van der Waals surface area contributed by atoms with Gasteiger partial charge in [0.1, 0.15) is 16.9 Å². The van der Waals surface area contributed by atoms with Gasteiger partial charge in [0.25, 0.3) is 11.8 Å². The zero-order valence-electron chi connectivity index (χ0n) is 18.8. The molecule has 2 aromatic heterocycles. The summed E-state index contributed by atoms with van der Waals surface area (Å²) in [5, 5.41) is 9.39. The van der Waals surface area contributed by atoms with Crippen molar-refractivity contribution in [2.24, 2.45) is 5.73 Å². The van der Waals surface area contributed by atoms with Gasteiger partial charge in [0.05, 0.1) is 6.20 Å². The summed E-state index contributed by atoms with van der Waals surface area (Å²) < 4.78 is 35.7. The number of nitrogens with zero attached hydrogens (tertiary/aromatic N) is 2. The molecule has 0 radical (unpaired) electrons. The van der Waals surface area contributed by atoms with Gasteiger partial charge >= 0.3 is 0 Å². The van der Waals surface area contributed by atoms with Gasteiger partial charge in [0, 0.05) is 42.3 Å². The monoisotopic (exact) mass is 477 g/mol. The van der Waals surface area contributed by atoms with Crippen molar-refractivity contribution in [3.63, 3.8) is 0 Å². The second kappa shape index (κ2) is 9.64. The second-order valence-corrected chi connectivity index (χ2v) is 7.54. The van der Waals surface area contributed by atoms with Gasteiger partial charge in [-0.2, -0.15) is 5.10 Å². The minimum atomic E-state index is -0.916. The number of ether oxygens (including phenoxy) is 1. The molecule has 4 rings (SSSR count). The molecule has 0 aliphatic carbocycles. The number of rotatable bonds is 7. The lowest BCUT2D eigenvalue weighted by molar-refractivity contribution is -0.119. The Morgan fingerprint density at radius 3 is 2.43 bits per heavy atom. The lowest BCUT2D eigenvalue weighted by Crippen LogP contribution is -2.29. The van der Waals surface area contributed by atoms with E-state index in [9.17, 15) is 18.4 Å². The number of nitrogens with one attached hydrogen (secondary N) is 2. The normalized spacial score (nSPS) is 11.7. The topological polar surface area (TPSA) is 111 Å². The van der Waals surface area contributed by atoms with Gasteiger partial charge in [-0.05, 0) is 42.8 Å². The molecule has 0 saturated carbocycles. The van der Waals surface area contributed by atoms with E-state index in [4.69, 9.17) is 10.5 Å². The summed E-state index contributed by atoms with van der Waals surface area (Å²) in [5.74, 6) is -2.57. The van der Waals surface area contributed by atoms with E-state index in [1.165, 1.54) is 37.4 Å². The highest BCUT2D eigenvalue weighted by Gasteiger charge is 2.20. The molecule has 0 spiro atoms. The Balaban J connectivity index is 1.63. The third kappa shape index (κ3) is 4.81. The summed E-state index contributed by atoms with van der Waals surface area (Å²) in [7, 11) is 1.54. The number of allylic oxidation sites excluding steroid dienone is 1. The number of hydrogen-bond acceptors (Lipinski definition) is 5. The van der Waals surface area contributed by atoms with Crippen molar-refractivity contribution in [2.75, 3.05) is 12.4 Å². The van der Waals surface area contributed by atoms with E-state index in [1.54, 1.807) is 42.0 Å². The molecule has 0 fully saturated rings. The zero-order valence-corrected chi connectivity index (χ0v) is 18.8. The number of fused-ring (bicyclic) bond motifs is 1. The largest absolute Gasteiger partial charge is 0.452 e. The van der Waals surface area contributed by atoms with Crippen molar-refractivity contribution in [3.8, 4) is 22.6 Å². The first-order chi connectivity index (χ1) is 16.8. The first kappa shape index (κ1) is 23.4. The molecule has 10 heteroatoms. The fourth-order valence-corrected chi connectivity index (χ4v) is 3.53. The third-order valence-corrected chi connectivity index (χ3v) is 5.31. The highest BCUT2D eigenvalue weighted by molar-refractivity contribution is 6.22. The van der Waals surface area contributed by atoms with Gasteiger partial charge in [-0.3, -0.25) is 9.59 Å². The number of primary amides is 1. The molecule has 0 atom stereocenters. The molecule has 0 saturated heterocycles. The molecule has 0 unspecified atom stereocenters. The molecule has 4 aromatic rings. The number of aromatic nitrogens is 2. The van der Waals surface area contributed by atoms with Crippen LogP contribution in [-0.4, -0.2) is 28.5 Å². The number of benzene rings is 2. The molecule has 2 amide bonds. The number of carbonyl (C=O) groups is 2. The van der Waals surface area contributed by atoms with Crippen LogP contribution in [0, 0.1) is 11.6 Å². The van der Waals surface area contributed by atoms with Crippen LogP contribution in [0.15, 0.2) is 78.3 Å². The van der Waals surface area contributed by atoms with Crippen molar-refractivity contribution in [2.45, 2.75) is 6.92 Å². The maximum absolute atomic E-state index is 14.9. The van der Waals surface area contributed by atoms with Gasteiger partial charge < -0.3 is 21.1 Å². The first-order valence-corrected chi connectivity index (χ1v) is 10.5. The Labute approximate surface area is 199 Å². The maximum Gasteiger partial charge on any atom is 0.263 e. The number of carbonyl (C=O) groups excluding carboxylic acids is 2. The zero-order chi connectivity index (χ0) is 25.1. The van der Waals surface area contributed by atoms with Crippen molar-refractivity contribution >= 4 is 23.0 Å². The van der Waals surface area contributed by atoms with Crippen molar-refractivity contribution in [1.29, 1.82) is 0 Å². The lowest BCUT2D eigenvalue weighted by atomic mass is 10.1. The number of nitrogens with two attached hydrogens (primary N) is 1. The van der Waals surface area contributed by atoms with Crippen molar-refractivity contribution in [3.05, 3.63) is 89.9 Å². The van der Waals surface area contributed by atoms with Crippen LogP contribution in [0.5, 0.6) is 11.5 Å². The summed E-state index contributed by atoms with van der Waals surface area (Å²) >= 11 is 0. The predicted molar refractivity (Wildman–Crippen MR) is 127 cm³/mol. The second-order valence-electron chi connectivity index (χ2n) is 7.54. The standard InChI is InChI=1S/C25H21F2N5O3/c1-14(29-2)22(24(28)33)25(34)31-17-7-8-20(19(27)13-17)35-21-9-11-30-32-12-10-18(23(21)32)15-3-5-16(26)6-4-15/h3-13,29H,1-2H3,(H2,28,33)(H,31,34)/b22-14+. The Kier molecular flexibility index (Phi) is 6.45. The molecule has 4 N–H and O–H groups in total. The van der Waals surface area contributed by atoms with E-state index in [-0.39, 0.29) is 28.5 Å². The average Bonchev–Trinajstić information content (AvgIpc) is 3.26. The molecule has 0 aliphatic heterocycles. The summed E-state index contributed by atoms with van der Waals surface area (Å²) in [6.07, 6.45) is 3.22. The highest BCUT2D eigenvalue weighted by atomic mass is 19.1. The first-order valence-electron chi connectivity index (χ1n) is 10.5. The molecule has 8 nitrogen and oxygen atoms in total. The van der Waals surface area contributed by atoms with Crippen molar-refractivity contribution in [1.82, 2.24) is 14.9 Å². The predicted octanol–water partition coefficient (Wildman–Crippen LogP) is 3.99. The van der Waals surface area contributed by atoms with Crippen LogP contribution in [0.3, 0.4) is 0 Å². The molecule has 35 heavy (non-hydrogen) atoms. The Morgan fingerprint density at radius 2 is 1.77 bits per heavy atom. The SMILES string of the molecule is CN/C(C)=C(\C(N)=O)C(=O)Nc1ccc(Oc2ccnn3ccc(-c4ccc(F)cc4)c23)c(F)c1. The van der Waals surface area contributed by atoms with Crippen molar-refractivity contribution < 1.29 is 23.1 Å². The molecular weight excluding hydrogens is 456 g/mol. The average molecular weight is 477 g/mol. The van der Waals surface area contributed by atoms with Gasteiger partial charge in [0.2, 0.25) is 0 Å². The molecule has 0 aliphatic rings. The number of amides is 2.